The Hall–Kier alpha value is -0.820. The van der Waals surface area contributed by atoms with E-state index in [0.29, 0.717) is 12.3 Å². The minimum absolute atomic E-state index is 0.0594. The number of hydrogen-bond acceptors (Lipinski definition) is 4. The van der Waals surface area contributed by atoms with Crippen LogP contribution in [0.4, 0.5) is 0 Å². The maximum Gasteiger partial charge on any atom is 0.240 e. The summed E-state index contributed by atoms with van der Waals surface area (Å²) in [6, 6.07) is 4.36. The van der Waals surface area contributed by atoms with Crippen molar-refractivity contribution in [3.8, 4) is 5.75 Å². The molecule has 1 aromatic rings. The summed E-state index contributed by atoms with van der Waals surface area (Å²) in [5.74, 6) is 0.457. The minimum atomic E-state index is -3.52. The van der Waals surface area contributed by atoms with Crippen LogP contribution in [0.3, 0.4) is 0 Å². The number of sulfonamides is 1. The van der Waals surface area contributed by atoms with E-state index >= 15 is 0 Å². The fourth-order valence-corrected chi connectivity index (χ4v) is 3.48. The van der Waals surface area contributed by atoms with Gasteiger partial charge in [0.15, 0.2) is 0 Å². The van der Waals surface area contributed by atoms with Crippen molar-refractivity contribution < 1.29 is 13.2 Å². The second-order valence-electron chi connectivity index (χ2n) is 4.11. The normalized spacial score (nSPS) is 20.0. The molecule has 0 amide bonds. The van der Waals surface area contributed by atoms with Crippen molar-refractivity contribution in [3.63, 3.8) is 0 Å². The Morgan fingerprint density at radius 2 is 2.28 bits per heavy atom. The average Bonchev–Trinajstić information content (AvgIpc) is 2.81. The molecule has 0 unspecified atom stereocenters. The molecule has 0 aromatic heterocycles. The summed E-state index contributed by atoms with van der Waals surface area (Å²) in [4.78, 5) is 0.153. The molecule has 0 saturated carbocycles. The second kappa shape index (κ2) is 5.44. The van der Waals surface area contributed by atoms with Crippen molar-refractivity contribution in [2.45, 2.75) is 17.4 Å². The van der Waals surface area contributed by atoms with Gasteiger partial charge in [0.1, 0.15) is 5.75 Å². The molecular formula is C11H15ClN2O3S. The van der Waals surface area contributed by atoms with E-state index in [4.69, 9.17) is 16.3 Å². The van der Waals surface area contributed by atoms with Crippen molar-refractivity contribution in [2.24, 2.45) is 0 Å². The quantitative estimate of drug-likeness (QED) is 0.868. The maximum absolute atomic E-state index is 12.1. The van der Waals surface area contributed by atoms with Crippen LogP contribution in [0.1, 0.15) is 6.42 Å². The number of nitrogens with one attached hydrogen (secondary N) is 2. The van der Waals surface area contributed by atoms with Crippen LogP contribution in [0.5, 0.6) is 5.75 Å². The number of rotatable bonds is 4. The predicted octanol–water partition coefficient (Wildman–Crippen LogP) is 0.989. The van der Waals surface area contributed by atoms with Gasteiger partial charge < -0.3 is 10.1 Å². The molecular weight excluding hydrogens is 276 g/mol. The van der Waals surface area contributed by atoms with Gasteiger partial charge in [-0.25, -0.2) is 13.1 Å². The van der Waals surface area contributed by atoms with Gasteiger partial charge in [-0.3, -0.25) is 0 Å². The summed E-state index contributed by atoms with van der Waals surface area (Å²) in [6.45, 7) is 1.49. The molecule has 2 rings (SSSR count). The fourth-order valence-electron chi connectivity index (χ4n) is 1.86. The van der Waals surface area contributed by atoms with E-state index in [-0.39, 0.29) is 16.0 Å². The van der Waals surface area contributed by atoms with Crippen LogP contribution in [0, 0.1) is 0 Å². The number of methoxy groups -OCH3 is 1. The molecule has 18 heavy (non-hydrogen) atoms. The molecule has 0 aliphatic carbocycles. The first-order chi connectivity index (χ1) is 8.53. The lowest BCUT2D eigenvalue weighted by Crippen LogP contribution is -2.36. The molecule has 1 aliphatic rings. The molecule has 5 nitrogen and oxygen atoms in total. The van der Waals surface area contributed by atoms with Crippen LogP contribution in [0.2, 0.25) is 5.02 Å². The smallest absolute Gasteiger partial charge is 0.240 e. The highest BCUT2D eigenvalue weighted by Crippen LogP contribution is 2.27. The van der Waals surface area contributed by atoms with Gasteiger partial charge in [0.05, 0.1) is 17.0 Å². The Bertz CT molecular complexity index is 527. The van der Waals surface area contributed by atoms with E-state index in [2.05, 4.69) is 10.0 Å². The van der Waals surface area contributed by atoms with Crippen molar-refractivity contribution in [2.75, 3.05) is 20.2 Å². The zero-order chi connectivity index (χ0) is 13.2. The molecule has 7 heteroatoms. The molecule has 1 fully saturated rings. The third-order valence-electron chi connectivity index (χ3n) is 2.82. The summed E-state index contributed by atoms with van der Waals surface area (Å²) in [5, 5.41) is 3.39. The van der Waals surface area contributed by atoms with Gasteiger partial charge in [-0.05, 0) is 31.2 Å². The summed E-state index contributed by atoms with van der Waals surface area (Å²) in [7, 11) is -2.04. The number of benzene rings is 1. The molecule has 100 valence electrons. The molecule has 0 bridgehead atoms. The third kappa shape index (κ3) is 2.95. The zero-order valence-corrected chi connectivity index (χ0v) is 11.5. The average molecular weight is 291 g/mol. The molecule has 0 spiro atoms. The molecule has 0 radical (unpaired) electrons. The van der Waals surface area contributed by atoms with Crippen molar-refractivity contribution in [3.05, 3.63) is 23.2 Å². The first-order valence-corrected chi connectivity index (χ1v) is 7.45. The molecule has 1 aromatic carbocycles. The lowest BCUT2D eigenvalue weighted by Gasteiger charge is -2.12. The number of hydrogen-bond donors (Lipinski definition) is 2. The standard InChI is InChI=1S/C11H15ClN2O3S/c1-17-11-3-2-9(6-10(11)12)18(15,16)14-8-4-5-13-7-8/h2-3,6,8,13-14H,4-5,7H2,1H3/t8-/m1/s1. The fraction of sp³-hybridized carbons (Fsp3) is 0.455. The molecule has 2 N–H and O–H groups in total. The Balaban J connectivity index is 2.21. The van der Waals surface area contributed by atoms with Crippen molar-refractivity contribution >= 4 is 21.6 Å². The summed E-state index contributed by atoms with van der Waals surface area (Å²) in [6.07, 6.45) is 0.795. The minimum Gasteiger partial charge on any atom is -0.495 e. The third-order valence-corrected chi connectivity index (χ3v) is 4.63. The molecule has 1 atom stereocenters. The van der Waals surface area contributed by atoms with E-state index in [1.54, 1.807) is 6.07 Å². The van der Waals surface area contributed by atoms with Crippen molar-refractivity contribution in [1.82, 2.24) is 10.0 Å². The summed E-state index contributed by atoms with van der Waals surface area (Å²) >= 11 is 5.92. The molecule has 1 saturated heterocycles. The zero-order valence-electron chi connectivity index (χ0n) is 9.94. The van der Waals surface area contributed by atoms with Crippen molar-refractivity contribution in [1.29, 1.82) is 0 Å². The van der Waals surface area contributed by atoms with Gasteiger partial charge >= 0.3 is 0 Å². The lowest BCUT2D eigenvalue weighted by molar-refractivity contribution is 0.414. The van der Waals surface area contributed by atoms with Crippen LogP contribution in [0.25, 0.3) is 0 Å². The molecule has 1 heterocycles. The summed E-state index contributed by atoms with van der Waals surface area (Å²) in [5.41, 5.74) is 0. The Kier molecular flexibility index (Phi) is 4.11. The highest BCUT2D eigenvalue weighted by atomic mass is 35.5. The highest BCUT2D eigenvalue weighted by Gasteiger charge is 2.23. The number of halogens is 1. The number of ether oxygens (including phenoxy) is 1. The van der Waals surface area contributed by atoms with Gasteiger partial charge in [0.25, 0.3) is 0 Å². The predicted molar refractivity (Wildman–Crippen MR) is 69.6 cm³/mol. The van der Waals surface area contributed by atoms with Gasteiger partial charge in [0.2, 0.25) is 10.0 Å². The van der Waals surface area contributed by atoms with E-state index in [0.717, 1.165) is 13.0 Å². The monoisotopic (exact) mass is 290 g/mol. The van der Waals surface area contributed by atoms with E-state index < -0.39 is 10.0 Å². The van der Waals surface area contributed by atoms with Crippen LogP contribution < -0.4 is 14.8 Å². The van der Waals surface area contributed by atoms with Crippen LogP contribution in [-0.2, 0) is 10.0 Å². The second-order valence-corrected chi connectivity index (χ2v) is 6.23. The topological polar surface area (TPSA) is 67.4 Å². The Morgan fingerprint density at radius 1 is 1.50 bits per heavy atom. The lowest BCUT2D eigenvalue weighted by atomic mass is 10.3. The SMILES string of the molecule is COc1ccc(S(=O)(=O)N[C@@H]2CCNC2)cc1Cl. The van der Waals surface area contributed by atoms with E-state index in [1.807, 2.05) is 0 Å². The molecule has 1 aliphatic heterocycles. The van der Waals surface area contributed by atoms with E-state index in [1.165, 1.54) is 19.2 Å². The van der Waals surface area contributed by atoms with Crippen LogP contribution in [-0.4, -0.2) is 34.7 Å². The van der Waals surface area contributed by atoms with E-state index in [9.17, 15) is 8.42 Å². The maximum atomic E-state index is 12.1. The first-order valence-electron chi connectivity index (χ1n) is 5.59. The van der Waals surface area contributed by atoms with Gasteiger partial charge in [-0.2, -0.15) is 0 Å². The van der Waals surface area contributed by atoms with Gasteiger partial charge in [-0.1, -0.05) is 11.6 Å². The summed E-state index contributed by atoms with van der Waals surface area (Å²) < 4.78 is 31.8. The van der Waals surface area contributed by atoms with Gasteiger partial charge in [-0.15, -0.1) is 0 Å². The first kappa shape index (κ1) is 13.6. The Morgan fingerprint density at radius 3 is 2.83 bits per heavy atom. The van der Waals surface area contributed by atoms with Crippen LogP contribution >= 0.6 is 11.6 Å². The van der Waals surface area contributed by atoms with Gasteiger partial charge in [0, 0.05) is 12.6 Å². The van der Waals surface area contributed by atoms with Crippen LogP contribution in [0.15, 0.2) is 23.1 Å². The Labute approximate surface area is 112 Å². The highest BCUT2D eigenvalue weighted by molar-refractivity contribution is 7.89. The largest absolute Gasteiger partial charge is 0.495 e.